The molecule has 2 saturated heterocycles. The van der Waals surface area contributed by atoms with Crippen LogP contribution in [0.3, 0.4) is 0 Å². The number of sulfonamides is 1. The third kappa shape index (κ3) is 6.63. The van der Waals surface area contributed by atoms with Crippen molar-refractivity contribution in [2.24, 2.45) is 17.0 Å². The van der Waals surface area contributed by atoms with E-state index in [0.29, 0.717) is 6.42 Å². The van der Waals surface area contributed by atoms with E-state index < -0.39 is 10.0 Å². The number of hydrogen-bond acceptors (Lipinski definition) is 4. The van der Waals surface area contributed by atoms with E-state index in [1.165, 1.54) is 45.3 Å². The van der Waals surface area contributed by atoms with Crippen LogP contribution in [0.5, 0.6) is 0 Å². The van der Waals surface area contributed by atoms with Crippen molar-refractivity contribution in [2.45, 2.75) is 39.0 Å². The molecule has 0 bridgehead atoms. The summed E-state index contributed by atoms with van der Waals surface area (Å²) in [6, 6.07) is 0. The highest BCUT2D eigenvalue weighted by Gasteiger charge is 2.24. The molecule has 2 heterocycles. The van der Waals surface area contributed by atoms with Gasteiger partial charge in [-0.1, -0.05) is 6.92 Å². The fourth-order valence-corrected chi connectivity index (χ4v) is 4.13. The van der Waals surface area contributed by atoms with Gasteiger partial charge in [-0.05, 0) is 70.1 Å². The third-order valence-electron chi connectivity index (χ3n) is 4.90. The van der Waals surface area contributed by atoms with Gasteiger partial charge < -0.3 is 9.80 Å². The van der Waals surface area contributed by atoms with Crippen molar-refractivity contribution in [1.29, 1.82) is 0 Å². The Morgan fingerprint density at radius 1 is 1.10 bits per heavy atom. The maximum atomic E-state index is 11.0. The predicted octanol–water partition coefficient (Wildman–Crippen LogP) is 1.11. The standard InChI is InChI=1S/C15H31N3O2S/c1-14-5-9-18(10-6-14)13-15-4-2-7-17(12-15)8-3-11-21(16,19)20/h14-15H,2-13H2,1H3,(H2,16,19,20). The van der Waals surface area contributed by atoms with Crippen LogP contribution in [0.2, 0.25) is 0 Å². The molecule has 2 aliphatic rings. The fraction of sp³-hybridized carbons (Fsp3) is 1.00. The Labute approximate surface area is 129 Å². The quantitative estimate of drug-likeness (QED) is 0.797. The fourth-order valence-electron chi connectivity index (χ4n) is 3.60. The van der Waals surface area contributed by atoms with Gasteiger partial charge in [-0.25, -0.2) is 13.6 Å². The SMILES string of the molecule is CC1CCN(CC2CCCN(CCCS(N)(=O)=O)C2)CC1. The van der Waals surface area contributed by atoms with E-state index in [0.717, 1.165) is 31.5 Å². The predicted molar refractivity (Wildman–Crippen MR) is 86.6 cm³/mol. The number of likely N-dealkylation sites (tertiary alicyclic amines) is 2. The van der Waals surface area contributed by atoms with Gasteiger partial charge in [0.25, 0.3) is 0 Å². The Balaban J connectivity index is 1.68. The first-order chi connectivity index (χ1) is 9.92. The van der Waals surface area contributed by atoms with Gasteiger partial charge in [-0.3, -0.25) is 0 Å². The molecular weight excluding hydrogens is 286 g/mol. The maximum absolute atomic E-state index is 11.0. The molecule has 0 aromatic carbocycles. The van der Waals surface area contributed by atoms with Gasteiger partial charge in [0.2, 0.25) is 10.0 Å². The molecule has 0 aromatic rings. The summed E-state index contributed by atoms with van der Waals surface area (Å²) in [6.45, 7) is 9.18. The van der Waals surface area contributed by atoms with Crippen molar-refractivity contribution in [1.82, 2.24) is 9.80 Å². The number of nitrogens with zero attached hydrogens (tertiary/aromatic N) is 2. The Morgan fingerprint density at radius 2 is 1.81 bits per heavy atom. The van der Waals surface area contributed by atoms with Crippen LogP contribution in [0.4, 0.5) is 0 Å². The number of piperidine rings is 2. The first-order valence-electron chi connectivity index (χ1n) is 8.37. The minimum absolute atomic E-state index is 0.109. The van der Waals surface area contributed by atoms with E-state index in [1.54, 1.807) is 0 Å². The second kappa shape index (κ2) is 7.90. The van der Waals surface area contributed by atoms with Crippen LogP contribution in [-0.4, -0.2) is 63.2 Å². The minimum Gasteiger partial charge on any atom is -0.303 e. The Kier molecular flexibility index (Phi) is 6.47. The maximum Gasteiger partial charge on any atom is 0.209 e. The molecule has 0 saturated carbocycles. The molecular formula is C15H31N3O2S. The smallest absolute Gasteiger partial charge is 0.209 e. The zero-order valence-electron chi connectivity index (χ0n) is 13.3. The summed E-state index contributed by atoms with van der Waals surface area (Å²) >= 11 is 0. The van der Waals surface area contributed by atoms with E-state index in [-0.39, 0.29) is 5.75 Å². The topological polar surface area (TPSA) is 66.6 Å². The zero-order chi connectivity index (χ0) is 15.3. The van der Waals surface area contributed by atoms with Gasteiger partial charge in [0, 0.05) is 13.1 Å². The lowest BCUT2D eigenvalue weighted by molar-refractivity contribution is 0.112. The molecule has 0 amide bonds. The van der Waals surface area contributed by atoms with E-state index in [9.17, 15) is 8.42 Å². The summed E-state index contributed by atoms with van der Waals surface area (Å²) in [5, 5.41) is 5.06. The molecule has 124 valence electrons. The summed E-state index contributed by atoms with van der Waals surface area (Å²) in [5.41, 5.74) is 0. The highest BCUT2D eigenvalue weighted by atomic mass is 32.2. The van der Waals surface area contributed by atoms with Crippen LogP contribution in [-0.2, 0) is 10.0 Å². The molecule has 5 nitrogen and oxygen atoms in total. The largest absolute Gasteiger partial charge is 0.303 e. The second-order valence-corrected chi connectivity index (χ2v) is 8.75. The molecule has 1 atom stereocenters. The van der Waals surface area contributed by atoms with Crippen molar-refractivity contribution in [3.05, 3.63) is 0 Å². The molecule has 0 spiro atoms. The van der Waals surface area contributed by atoms with Crippen molar-refractivity contribution in [3.8, 4) is 0 Å². The normalized spacial score (nSPS) is 27.0. The average Bonchev–Trinajstić information content (AvgIpc) is 2.40. The van der Waals surface area contributed by atoms with E-state index in [1.807, 2.05) is 0 Å². The molecule has 0 radical (unpaired) electrons. The van der Waals surface area contributed by atoms with Gasteiger partial charge in [-0.2, -0.15) is 0 Å². The lowest BCUT2D eigenvalue weighted by Crippen LogP contribution is -2.43. The molecule has 0 aromatic heterocycles. The first-order valence-corrected chi connectivity index (χ1v) is 10.1. The van der Waals surface area contributed by atoms with Gasteiger partial charge >= 0.3 is 0 Å². The van der Waals surface area contributed by atoms with Crippen LogP contribution in [0.1, 0.15) is 39.0 Å². The van der Waals surface area contributed by atoms with Gasteiger partial charge in [-0.15, -0.1) is 0 Å². The average molecular weight is 317 g/mol. The second-order valence-electron chi connectivity index (χ2n) is 7.01. The van der Waals surface area contributed by atoms with Gasteiger partial charge in [0.1, 0.15) is 0 Å². The molecule has 2 rings (SSSR count). The van der Waals surface area contributed by atoms with Crippen LogP contribution in [0.15, 0.2) is 0 Å². The molecule has 0 aliphatic carbocycles. The number of primary sulfonamides is 1. The summed E-state index contributed by atoms with van der Waals surface area (Å²) in [6.07, 6.45) is 5.89. The number of rotatable bonds is 6. The molecule has 21 heavy (non-hydrogen) atoms. The lowest BCUT2D eigenvalue weighted by Gasteiger charge is -2.37. The molecule has 1 unspecified atom stereocenters. The Morgan fingerprint density at radius 3 is 2.48 bits per heavy atom. The summed E-state index contributed by atoms with van der Waals surface area (Å²) in [4.78, 5) is 5.05. The number of hydrogen-bond donors (Lipinski definition) is 1. The highest BCUT2D eigenvalue weighted by Crippen LogP contribution is 2.21. The summed E-state index contributed by atoms with van der Waals surface area (Å²) in [7, 11) is -3.30. The molecule has 6 heteroatoms. The molecule has 2 aliphatic heterocycles. The lowest BCUT2D eigenvalue weighted by atomic mass is 9.94. The van der Waals surface area contributed by atoms with Crippen molar-refractivity contribution in [3.63, 3.8) is 0 Å². The van der Waals surface area contributed by atoms with Crippen LogP contribution in [0, 0.1) is 11.8 Å². The van der Waals surface area contributed by atoms with E-state index in [2.05, 4.69) is 16.7 Å². The van der Waals surface area contributed by atoms with Crippen molar-refractivity contribution in [2.75, 3.05) is 45.0 Å². The highest BCUT2D eigenvalue weighted by molar-refractivity contribution is 7.89. The zero-order valence-corrected chi connectivity index (χ0v) is 14.2. The van der Waals surface area contributed by atoms with Gasteiger partial charge in [0.15, 0.2) is 0 Å². The Hall–Kier alpha value is -0.170. The monoisotopic (exact) mass is 317 g/mol. The molecule has 2 fully saturated rings. The third-order valence-corrected chi connectivity index (χ3v) is 5.76. The van der Waals surface area contributed by atoms with E-state index in [4.69, 9.17) is 5.14 Å². The minimum atomic E-state index is -3.30. The van der Waals surface area contributed by atoms with Crippen LogP contribution in [0.25, 0.3) is 0 Å². The van der Waals surface area contributed by atoms with Gasteiger partial charge in [0.05, 0.1) is 5.75 Å². The van der Waals surface area contributed by atoms with Crippen molar-refractivity contribution < 1.29 is 8.42 Å². The first kappa shape index (κ1) is 17.2. The Bertz CT molecular complexity index is 405. The van der Waals surface area contributed by atoms with Crippen molar-refractivity contribution >= 4 is 10.0 Å². The summed E-state index contributed by atoms with van der Waals surface area (Å²) in [5.74, 6) is 1.75. The van der Waals surface area contributed by atoms with Crippen LogP contribution < -0.4 is 5.14 Å². The van der Waals surface area contributed by atoms with Crippen LogP contribution >= 0.6 is 0 Å². The van der Waals surface area contributed by atoms with E-state index >= 15 is 0 Å². The summed E-state index contributed by atoms with van der Waals surface area (Å²) < 4.78 is 22.0. The number of nitrogens with two attached hydrogens (primary N) is 1. The molecule has 2 N–H and O–H groups in total.